The smallest absolute Gasteiger partial charge is 0.239 e. The van der Waals surface area contributed by atoms with E-state index in [4.69, 9.17) is 9.78 Å². The Morgan fingerprint density at radius 3 is 2.79 bits per heavy atom. The molecule has 0 bridgehead atoms. The summed E-state index contributed by atoms with van der Waals surface area (Å²) < 4.78 is 5.00. The molecule has 0 aliphatic carbocycles. The summed E-state index contributed by atoms with van der Waals surface area (Å²) >= 11 is 0. The zero-order valence-electron chi connectivity index (χ0n) is 11.9. The summed E-state index contributed by atoms with van der Waals surface area (Å²) in [7, 11) is 3.58. The molecule has 1 aromatic rings. The molecular formula is C13H20N4O2. The highest BCUT2D eigenvalue weighted by molar-refractivity contribution is 5.81. The van der Waals surface area contributed by atoms with Gasteiger partial charge in [-0.05, 0) is 20.9 Å². The first-order chi connectivity index (χ1) is 8.95. The number of carbonyl (C=O) groups excluding carboxylic acids is 1. The second-order valence-corrected chi connectivity index (χ2v) is 4.69. The number of carbonyl (C=O) groups is 1. The molecule has 0 aliphatic rings. The minimum atomic E-state index is -0.263. The summed E-state index contributed by atoms with van der Waals surface area (Å²) in [6.07, 6.45) is 0.348. The summed E-state index contributed by atoms with van der Waals surface area (Å²) in [5, 5.41) is 12.4. The Morgan fingerprint density at radius 2 is 2.26 bits per heavy atom. The van der Waals surface area contributed by atoms with Crippen LogP contribution in [0.2, 0.25) is 0 Å². The number of aryl methyl sites for hydroxylation is 1. The SMILES string of the molecule is Cc1cc(CN(C)C(C)C(=O)N(C)CCC#N)no1. The molecule has 0 saturated heterocycles. The number of nitrogens with zero attached hydrogens (tertiary/aromatic N) is 4. The van der Waals surface area contributed by atoms with E-state index < -0.39 is 0 Å². The lowest BCUT2D eigenvalue weighted by Gasteiger charge is -2.27. The van der Waals surface area contributed by atoms with Crippen LogP contribution in [0.25, 0.3) is 0 Å². The van der Waals surface area contributed by atoms with Crippen molar-refractivity contribution in [2.24, 2.45) is 0 Å². The van der Waals surface area contributed by atoms with E-state index in [1.54, 1.807) is 11.9 Å². The van der Waals surface area contributed by atoms with Crippen molar-refractivity contribution in [1.29, 1.82) is 5.26 Å². The van der Waals surface area contributed by atoms with Gasteiger partial charge in [0.2, 0.25) is 5.91 Å². The maximum Gasteiger partial charge on any atom is 0.239 e. The average Bonchev–Trinajstić information content (AvgIpc) is 2.79. The molecule has 19 heavy (non-hydrogen) atoms. The summed E-state index contributed by atoms with van der Waals surface area (Å²) in [5.74, 6) is 0.756. The van der Waals surface area contributed by atoms with E-state index in [1.165, 1.54) is 0 Å². The van der Waals surface area contributed by atoms with Crippen LogP contribution >= 0.6 is 0 Å². The Hall–Kier alpha value is -1.87. The zero-order chi connectivity index (χ0) is 14.4. The van der Waals surface area contributed by atoms with E-state index in [0.29, 0.717) is 19.5 Å². The number of amides is 1. The summed E-state index contributed by atoms with van der Waals surface area (Å²) in [6, 6.07) is 3.63. The number of aromatic nitrogens is 1. The predicted octanol–water partition coefficient (Wildman–Crippen LogP) is 1.18. The van der Waals surface area contributed by atoms with Crippen LogP contribution in [0.15, 0.2) is 10.6 Å². The van der Waals surface area contributed by atoms with Gasteiger partial charge < -0.3 is 9.42 Å². The third kappa shape index (κ3) is 4.38. The molecule has 0 radical (unpaired) electrons. The van der Waals surface area contributed by atoms with E-state index in [9.17, 15) is 4.79 Å². The van der Waals surface area contributed by atoms with Gasteiger partial charge in [0.1, 0.15) is 5.76 Å². The van der Waals surface area contributed by atoms with Crippen molar-refractivity contribution >= 4 is 5.91 Å². The van der Waals surface area contributed by atoms with Crippen LogP contribution in [0.1, 0.15) is 24.8 Å². The van der Waals surface area contributed by atoms with Gasteiger partial charge in [0, 0.05) is 26.2 Å². The Labute approximate surface area is 113 Å². The molecule has 1 heterocycles. The second-order valence-electron chi connectivity index (χ2n) is 4.69. The third-order valence-electron chi connectivity index (χ3n) is 3.04. The van der Waals surface area contributed by atoms with Crippen LogP contribution in [-0.2, 0) is 11.3 Å². The largest absolute Gasteiger partial charge is 0.361 e. The van der Waals surface area contributed by atoms with Gasteiger partial charge in [-0.25, -0.2) is 0 Å². The summed E-state index contributed by atoms with van der Waals surface area (Å²) in [5.41, 5.74) is 0.805. The van der Waals surface area contributed by atoms with Gasteiger partial charge in [-0.1, -0.05) is 5.16 Å². The molecule has 104 valence electrons. The van der Waals surface area contributed by atoms with Crippen molar-refractivity contribution in [2.75, 3.05) is 20.6 Å². The lowest BCUT2D eigenvalue weighted by molar-refractivity contribution is -0.134. The van der Waals surface area contributed by atoms with Gasteiger partial charge >= 0.3 is 0 Å². The molecule has 0 spiro atoms. The molecule has 0 aliphatic heterocycles. The van der Waals surface area contributed by atoms with Gasteiger partial charge in [-0.2, -0.15) is 5.26 Å². The topological polar surface area (TPSA) is 73.4 Å². The lowest BCUT2D eigenvalue weighted by atomic mass is 10.2. The van der Waals surface area contributed by atoms with E-state index in [-0.39, 0.29) is 11.9 Å². The van der Waals surface area contributed by atoms with Crippen molar-refractivity contribution in [2.45, 2.75) is 32.9 Å². The molecule has 1 aromatic heterocycles. The van der Waals surface area contributed by atoms with Gasteiger partial charge in [0.25, 0.3) is 0 Å². The third-order valence-corrected chi connectivity index (χ3v) is 3.04. The summed E-state index contributed by atoms with van der Waals surface area (Å²) in [4.78, 5) is 15.6. The van der Waals surface area contributed by atoms with Crippen molar-refractivity contribution in [3.05, 3.63) is 17.5 Å². The molecule has 0 N–H and O–H groups in total. The fourth-order valence-electron chi connectivity index (χ4n) is 1.72. The van der Waals surface area contributed by atoms with E-state index in [0.717, 1.165) is 11.5 Å². The van der Waals surface area contributed by atoms with Crippen molar-refractivity contribution in [3.8, 4) is 6.07 Å². The minimum absolute atomic E-state index is 0.00188. The standard InChI is InChI=1S/C13H20N4O2/c1-10-8-12(15-19-10)9-17(4)11(2)13(18)16(3)7-5-6-14/h8,11H,5,7,9H2,1-4H3. The van der Waals surface area contributed by atoms with Crippen LogP contribution in [0.5, 0.6) is 0 Å². The van der Waals surface area contributed by atoms with Gasteiger partial charge in [-0.3, -0.25) is 9.69 Å². The first-order valence-corrected chi connectivity index (χ1v) is 6.20. The van der Waals surface area contributed by atoms with Crippen molar-refractivity contribution in [1.82, 2.24) is 15.0 Å². The molecule has 1 atom stereocenters. The van der Waals surface area contributed by atoms with Crippen LogP contribution in [0.4, 0.5) is 0 Å². The van der Waals surface area contributed by atoms with Crippen LogP contribution in [0.3, 0.4) is 0 Å². The Bertz CT molecular complexity index is 463. The molecule has 0 saturated carbocycles. The lowest BCUT2D eigenvalue weighted by Crippen LogP contribution is -2.44. The minimum Gasteiger partial charge on any atom is -0.361 e. The molecule has 1 amide bonds. The highest BCUT2D eigenvalue weighted by Crippen LogP contribution is 2.08. The summed E-state index contributed by atoms with van der Waals surface area (Å²) in [6.45, 7) is 4.69. The van der Waals surface area contributed by atoms with Crippen molar-refractivity contribution in [3.63, 3.8) is 0 Å². The highest BCUT2D eigenvalue weighted by atomic mass is 16.5. The zero-order valence-corrected chi connectivity index (χ0v) is 11.9. The molecule has 6 heteroatoms. The fraction of sp³-hybridized carbons (Fsp3) is 0.615. The number of nitriles is 1. The number of hydrogen-bond acceptors (Lipinski definition) is 5. The second kappa shape index (κ2) is 6.90. The van der Waals surface area contributed by atoms with Crippen LogP contribution in [0, 0.1) is 18.3 Å². The van der Waals surface area contributed by atoms with Gasteiger partial charge in [0.05, 0.1) is 24.2 Å². The van der Waals surface area contributed by atoms with Gasteiger partial charge in [0.15, 0.2) is 0 Å². The molecule has 0 fully saturated rings. The Balaban J connectivity index is 2.54. The Morgan fingerprint density at radius 1 is 1.58 bits per heavy atom. The first-order valence-electron chi connectivity index (χ1n) is 6.20. The van der Waals surface area contributed by atoms with Gasteiger partial charge in [-0.15, -0.1) is 0 Å². The fourth-order valence-corrected chi connectivity index (χ4v) is 1.72. The quantitative estimate of drug-likeness (QED) is 0.771. The van der Waals surface area contributed by atoms with Crippen LogP contribution < -0.4 is 0 Å². The van der Waals surface area contributed by atoms with E-state index >= 15 is 0 Å². The maximum atomic E-state index is 12.1. The predicted molar refractivity (Wildman–Crippen MR) is 70.0 cm³/mol. The maximum absolute atomic E-state index is 12.1. The van der Waals surface area contributed by atoms with Crippen LogP contribution in [-0.4, -0.2) is 47.5 Å². The van der Waals surface area contributed by atoms with E-state index in [1.807, 2.05) is 37.9 Å². The molecule has 1 rings (SSSR count). The number of rotatable bonds is 6. The Kier molecular flexibility index (Phi) is 5.52. The molecule has 6 nitrogen and oxygen atoms in total. The number of likely N-dealkylation sites (N-methyl/N-ethyl adjacent to an activating group) is 2. The van der Waals surface area contributed by atoms with Crippen molar-refractivity contribution < 1.29 is 9.32 Å². The average molecular weight is 264 g/mol. The first kappa shape index (κ1) is 15.2. The molecular weight excluding hydrogens is 244 g/mol. The highest BCUT2D eigenvalue weighted by Gasteiger charge is 2.22. The monoisotopic (exact) mass is 264 g/mol. The number of hydrogen-bond donors (Lipinski definition) is 0. The molecule has 1 unspecified atom stereocenters. The normalized spacial score (nSPS) is 12.2. The molecule has 0 aromatic carbocycles. The van der Waals surface area contributed by atoms with E-state index in [2.05, 4.69) is 5.16 Å².